The van der Waals surface area contributed by atoms with Crippen LogP contribution in [0.3, 0.4) is 0 Å². The van der Waals surface area contributed by atoms with Crippen molar-refractivity contribution >= 4 is 5.91 Å². The second-order valence-corrected chi connectivity index (χ2v) is 11.5. The highest BCUT2D eigenvalue weighted by molar-refractivity contribution is 5.94. The highest BCUT2D eigenvalue weighted by Gasteiger charge is 2.34. The lowest BCUT2D eigenvalue weighted by Gasteiger charge is -2.39. The van der Waals surface area contributed by atoms with E-state index in [-0.39, 0.29) is 29.9 Å². The molecular formula is C37H42N2O7. The molecule has 0 aliphatic carbocycles. The zero-order valence-electron chi connectivity index (χ0n) is 26.4. The number of ether oxygens (including phenoxy) is 3. The molecule has 0 aromatic heterocycles. The molecule has 0 spiro atoms. The van der Waals surface area contributed by atoms with Crippen LogP contribution in [-0.2, 0) is 27.5 Å². The van der Waals surface area contributed by atoms with Crippen LogP contribution in [0.5, 0.6) is 5.75 Å². The molecule has 242 valence electrons. The summed E-state index contributed by atoms with van der Waals surface area (Å²) in [6, 6.07) is 32.0. The van der Waals surface area contributed by atoms with Crippen LogP contribution in [0.25, 0.3) is 11.1 Å². The van der Waals surface area contributed by atoms with E-state index in [4.69, 9.17) is 24.6 Å². The number of benzene rings is 4. The molecule has 9 nitrogen and oxygen atoms in total. The minimum atomic E-state index is -0.327. The van der Waals surface area contributed by atoms with Gasteiger partial charge < -0.3 is 19.1 Å². The largest absolute Gasteiger partial charge is 0.493 e. The Morgan fingerprint density at radius 1 is 0.891 bits per heavy atom. The molecule has 0 radical (unpaired) electrons. The number of aryl methyl sites for hydroxylation is 1. The topological polar surface area (TPSA) is 101 Å². The van der Waals surface area contributed by atoms with E-state index in [1.807, 2.05) is 36.1 Å². The van der Waals surface area contributed by atoms with Crippen molar-refractivity contribution in [2.24, 2.45) is 0 Å². The lowest BCUT2D eigenvalue weighted by molar-refractivity contribution is -0.497. The van der Waals surface area contributed by atoms with Crippen molar-refractivity contribution in [3.8, 4) is 16.9 Å². The molecule has 1 amide bonds. The first-order valence-electron chi connectivity index (χ1n) is 15.6. The molecule has 1 fully saturated rings. The van der Waals surface area contributed by atoms with Gasteiger partial charge in [0.15, 0.2) is 0 Å². The van der Waals surface area contributed by atoms with Crippen molar-refractivity contribution in [3.05, 3.63) is 125 Å². The first-order chi connectivity index (χ1) is 22.4. The standard InChI is InChI=1S/C37H42N2O7/c1-27-12-15-33(35(22-27)44-21-7-20-43-2)26-45-36-24-38(37(40)30-16-13-28(14-17-30)25-46-39(41)42)19-18-34(36)32-11-6-10-31(23-32)29-8-4-3-5-9-29/h3-6,8-17,22-23,34,36,41-42H,7,18-21,24-26H2,1-2H3/t34-,36?/m1/s1. The van der Waals surface area contributed by atoms with E-state index in [1.54, 1.807) is 31.4 Å². The van der Waals surface area contributed by atoms with Gasteiger partial charge in [-0.05, 0) is 59.4 Å². The van der Waals surface area contributed by atoms with Crippen LogP contribution >= 0.6 is 0 Å². The van der Waals surface area contributed by atoms with E-state index in [9.17, 15) is 4.79 Å². The minimum absolute atomic E-state index is 0.0398. The molecular weight excluding hydrogens is 584 g/mol. The first-order valence-corrected chi connectivity index (χ1v) is 15.6. The van der Waals surface area contributed by atoms with Crippen molar-refractivity contribution < 1.29 is 34.3 Å². The Morgan fingerprint density at radius 2 is 1.67 bits per heavy atom. The Balaban J connectivity index is 1.36. The third kappa shape index (κ3) is 9.01. The second kappa shape index (κ2) is 16.5. The molecule has 0 bridgehead atoms. The number of hydrogen-bond donors (Lipinski definition) is 2. The normalized spacial score (nSPS) is 16.5. The third-order valence-electron chi connectivity index (χ3n) is 8.24. The van der Waals surface area contributed by atoms with Crippen LogP contribution in [0.4, 0.5) is 0 Å². The number of likely N-dealkylation sites (tertiary alicyclic amines) is 1. The summed E-state index contributed by atoms with van der Waals surface area (Å²) >= 11 is 0. The molecule has 1 aliphatic rings. The fourth-order valence-corrected chi connectivity index (χ4v) is 5.79. The van der Waals surface area contributed by atoms with Gasteiger partial charge in [-0.15, -0.1) is 0 Å². The van der Waals surface area contributed by atoms with Crippen LogP contribution in [0.1, 0.15) is 51.4 Å². The van der Waals surface area contributed by atoms with E-state index >= 15 is 0 Å². The van der Waals surface area contributed by atoms with Gasteiger partial charge in [-0.25, -0.2) is 4.84 Å². The number of hydrogen-bond acceptors (Lipinski definition) is 8. The van der Waals surface area contributed by atoms with Gasteiger partial charge in [0, 0.05) is 50.3 Å². The molecule has 9 heteroatoms. The number of piperidine rings is 1. The summed E-state index contributed by atoms with van der Waals surface area (Å²) in [6.07, 6.45) is 1.29. The van der Waals surface area contributed by atoms with Gasteiger partial charge in [-0.2, -0.15) is 0 Å². The molecule has 2 atom stereocenters. The number of methoxy groups -OCH3 is 1. The molecule has 1 unspecified atom stereocenters. The van der Waals surface area contributed by atoms with Crippen molar-refractivity contribution in [1.82, 2.24) is 10.3 Å². The van der Waals surface area contributed by atoms with Gasteiger partial charge in [0.05, 0.1) is 31.3 Å². The van der Waals surface area contributed by atoms with Crippen molar-refractivity contribution in [2.45, 2.75) is 45.0 Å². The highest BCUT2D eigenvalue weighted by Crippen LogP contribution is 2.35. The van der Waals surface area contributed by atoms with Crippen LogP contribution in [0.2, 0.25) is 0 Å². The predicted octanol–water partition coefficient (Wildman–Crippen LogP) is 6.80. The third-order valence-corrected chi connectivity index (χ3v) is 8.24. The van der Waals surface area contributed by atoms with E-state index in [1.165, 1.54) is 5.56 Å². The Labute approximate surface area is 270 Å². The van der Waals surface area contributed by atoms with Crippen molar-refractivity contribution in [1.29, 1.82) is 0 Å². The summed E-state index contributed by atoms with van der Waals surface area (Å²) in [5, 5.41) is 17.3. The number of carbonyl (C=O) groups is 1. The monoisotopic (exact) mass is 626 g/mol. The molecule has 1 saturated heterocycles. The summed E-state index contributed by atoms with van der Waals surface area (Å²) < 4.78 is 18.0. The molecule has 4 aromatic rings. The molecule has 5 rings (SSSR count). The molecule has 1 aliphatic heterocycles. The average Bonchev–Trinajstić information content (AvgIpc) is 3.09. The van der Waals surface area contributed by atoms with Gasteiger partial charge in [-0.1, -0.05) is 78.9 Å². The summed E-state index contributed by atoms with van der Waals surface area (Å²) in [4.78, 5) is 20.2. The van der Waals surface area contributed by atoms with Gasteiger partial charge in [0.1, 0.15) is 5.75 Å². The van der Waals surface area contributed by atoms with Crippen LogP contribution < -0.4 is 4.74 Å². The zero-order valence-corrected chi connectivity index (χ0v) is 26.4. The van der Waals surface area contributed by atoms with E-state index in [0.29, 0.717) is 44.0 Å². The minimum Gasteiger partial charge on any atom is -0.493 e. The van der Waals surface area contributed by atoms with Gasteiger partial charge in [0.25, 0.3) is 5.91 Å². The second-order valence-electron chi connectivity index (χ2n) is 11.5. The molecule has 2 N–H and O–H groups in total. The van der Waals surface area contributed by atoms with Crippen LogP contribution in [0.15, 0.2) is 97.1 Å². The van der Waals surface area contributed by atoms with Crippen LogP contribution in [0, 0.1) is 6.92 Å². The number of nitrogens with zero attached hydrogens (tertiary/aromatic N) is 2. The highest BCUT2D eigenvalue weighted by atomic mass is 17.1. The average molecular weight is 627 g/mol. The summed E-state index contributed by atoms with van der Waals surface area (Å²) in [5.74, 6) is 0.807. The molecule has 1 heterocycles. The fraction of sp³-hybridized carbons (Fsp3) is 0.324. The molecule has 4 aromatic carbocycles. The predicted molar refractivity (Wildman–Crippen MR) is 174 cm³/mol. The summed E-state index contributed by atoms with van der Waals surface area (Å²) in [5.41, 5.74) is 6.80. The number of rotatable bonds is 14. The Hall–Kier alpha value is -4.09. The van der Waals surface area contributed by atoms with E-state index < -0.39 is 0 Å². The maximum Gasteiger partial charge on any atom is 0.253 e. The first kappa shape index (κ1) is 33.3. The lowest BCUT2D eigenvalue weighted by Crippen LogP contribution is -2.46. The maximum absolute atomic E-state index is 13.7. The van der Waals surface area contributed by atoms with Gasteiger partial charge in [-0.3, -0.25) is 15.2 Å². The van der Waals surface area contributed by atoms with Gasteiger partial charge in [0.2, 0.25) is 0 Å². The molecule has 0 saturated carbocycles. The van der Waals surface area contributed by atoms with E-state index in [2.05, 4.69) is 53.4 Å². The maximum atomic E-state index is 13.7. The number of amides is 1. The fourth-order valence-electron chi connectivity index (χ4n) is 5.79. The summed E-state index contributed by atoms with van der Waals surface area (Å²) in [7, 11) is 1.68. The van der Waals surface area contributed by atoms with Crippen molar-refractivity contribution in [2.75, 3.05) is 33.4 Å². The molecule has 46 heavy (non-hydrogen) atoms. The Kier molecular flexibility index (Phi) is 11.9. The van der Waals surface area contributed by atoms with Gasteiger partial charge >= 0.3 is 0 Å². The Bertz CT molecular complexity index is 1550. The number of carbonyl (C=O) groups excluding carboxylic acids is 1. The SMILES string of the molecule is COCCCOc1cc(C)ccc1COC1CN(C(=O)c2ccc(CON(O)O)cc2)CC[C@@H]1c1cccc(-c2ccccc2)c1. The van der Waals surface area contributed by atoms with E-state index in [0.717, 1.165) is 40.8 Å². The quantitative estimate of drug-likeness (QED) is 0.116. The van der Waals surface area contributed by atoms with Crippen molar-refractivity contribution in [3.63, 3.8) is 0 Å². The summed E-state index contributed by atoms with van der Waals surface area (Å²) in [6.45, 7) is 4.56. The lowest BCUT2D eigenvalue weighted by atomic mass is 9.85. The Morgan fingerprint density at radius 3 is 2.43 bits per heavy atom. The zero-order chi connectivity index (χ0) is 32.3. The van der Waals surface area contributed by atoms with Crippen LogP contribution in [-0.4, -0.2) is 66.1 Å². The smallest absolute Gasteiger partial charge is 0.253 e.